The van der Waals surface area contributed by atoms with E-state index in [0.29, 0.717) is 43.2 Å². The zero-order valence-corrected chi connectivity index (χ0v) is 14.4. The van der Waals surface area contributed by atoms with E-state index in [-0.39, 0.29) is 11.7 Å². The highest BCUT2D eigenvalue weighted by Gasteiger charge is 2.23. The molecule has 2 aromatic carbocycles. The van der Waals surface area contributed by atoms with Gasteiger partial charge in [0.15, 0.2) is 0 Å². The van der Waals surface area contributed by atoms with Crippen molar-refractivity contribution in [2.75, 3.05) is 45.3 Å². The van der Waals surface area contributed by atoms with Crippen LogP contribution in [0, 0.1) is 5.82 Å². The van der Waals surface area contributed by atoms with Gasteiger partial charge < -0.3 is 19.3 Å². The molecular weight excluding hydrogens is 323 g/mol. The molecule has 5 nitrogen and oxygen atoms in total. The molecule has 1 amide bonds. The van der Waals surface area contributed by atoms with Gasteiger partial charge in [0.25, 0.3) is 5.91 Å². The molecule has 0 aliphatic carbocycles. The summed E-state index contributed by atoms with van der Waals surface area (Å²) < 4.78 is 23.8. The van der Waals surface area contributed by atoms with Gasteiger partial charge in [0.05, 0.1) is 14.2 Å². The topological polar surface area (TPSA) is 42.0 Å². The third-order valence-corrected chi connectivity index (χ3v) is 4.34. The summed E-state index contributed by atoms with van der Waals surface area (Å²) in [6.07, 6.45) is 0. The second kappa shape index (κ2) is 7.42. The van der Waals surface area contributed by atoms with Crippen molar-refractivity contribution in [2.45, 2.75) is 0 Å². The fraction of sp³-hybridized carbons (Fsp3) is 0.316. The maximum Gasteiger partial charge on any atom is 0.254 e. The molecule has 1 saturated heterocycles. The summed E-state index contributed by atoms with van der Waals surface area (Å²) in [5, 5.41) is 0. The Bertz CT molecular complexity index is 736. The van der Waals surface area contributed by atoms with Gasteiger partial charge in [-0.3, -0.25) is 4.79 Å². The normalized spacial score (nSPS) is 14.4. The van der Waals surface area contributed by atoms with Crippen LogP contribution in [0.25, 0.3) is 0 Å². The quantitative estimate of drug-likeness (QED) is 0.855. The molecule has 3 rings (SSSR count). The van der Waals surface area contributed by atoms with Crippen molar-refractivity contribution in [3.63, 3.8) is 0 Å². The minimum absolute atomic E-state index is 0.0592. The number of carbonyl (C=O) groups is 1. The van der Waals surface area contributed by atoms with Crippen LogP contribution in [0.5, 0.6) is 11.5 Å². The first-order valence-corrected chi connectivity index (χ1v) is 8.13. The molecule has 1 aliphatic rings. The Morgan fingerprint density at radius 3 is 2.16 bits per heavy atom. The highest BCUT2D eigenvalue weighted by Crippen LogP contribution is 2.24. The SMILES string of the molecule is COc1cc(OC)cc(C(=O)N2CCN(c3cccc(F)c3)CC2)c1. The van der Waals surface area contributed by atoms with Crippen LogP contribution in [0.1, 0.15) is 10.4 Å². The van der Waals surface area contributed by atoms with Crippen molar-refractivity contribution in [3.05, 3.63) is 53.8 Å². The van der Waals surface area contributed by atoms with Crippen LogP contribution >= 0.6 is 0 Å². The van der Waals surface area contributed by atoms with Gasteiger partial charge in [0, 0.05) is 43.5 Å². The predicted molar refractivity (Wildman–Crippen MR) is 94.1 cm³/mol. The monoisotopic (exact) mass is 344 g/mol. The molecule has 0 aromatic heterocycles. The Labute approximate surface area is 146 Å². The summed E-state index contributed by atoms with van der Waals surface area (Å²) in [7, 11) is 3.11. The summed E-state index contributed by atoms with van der Waals surface area (Å²) in [5.41, 5.74) is 1.38. The molecule has 0 radical (unpaired) electrons. The Balaban J connectivity index is 1.69. The van der Waals surface area contributed by atoms with E-state index in [9.17, 15) is 9.18 Å². The van der Waals surface area contributed by atoms with E-state index in [0.717, 1.165) is 5.69 Å². The number of hydrogen-bond acceptors (Lipinski definition) is 4. The summed E-state index contributed by atoms with van der Waals surface area (Å²) in [6.45, 7) is 2.48. The molecule has 6 heteroatoms. The number of carbonyl (C=O) groups excluding carboxylic acids is 1. The molecule has 0 spiro atoms. The molecule has 1 heterocycles. The highest BCUT2D eigenvalue weighted by atomic mass is 19.1. The van der Waals surface area contributed by atoms with Crippen molar-refractivity contribution in [1.82, 2.24) is 4.90 Å². The number of nitrogens with zero attached hydrogens (tertiary/aromatic N) is 2. The van der Waals surface area contributed by atoms with Crippen LogP contribution in [-0.2, 0) is 0 Å². The minimum atomic E-state index is -0.250. The van der Waals surface area contributed by atoms with E-state index in [1.807, 2.05) is 6.07 Å². The lowest BCUT2D eigenvalue weighted by molar-refractivity contribution is 0.0746. The van der Waals surface area contributed by atoms with Crippen molar-refractivity contribution in [1.29, 1.82) is 0 Å². The number of methoxy groups -OCH3 is 2. The van der Waals surface area contributed by atoms with Gasteiger partial charge in [-0.2, -0.15) is 0 Å². The van der Waals surface area contributed by atoms with Gasteiger partial charge in [-0.25, -0.2) is 4.39 Å². The smallest absolute Gasteiger partial charge is 0.254 e. The second-order valence-corrected chi connectivity index (χ2v) is 5.86. The average molecular weight is 344 g/mol. The fourth-order valence-electron chi connectivity index (χ4n) is 2.95. The first-order chi connectivity index (χ1) is 12.1. The lowest BCUT2D eigenvalue weighted by Gasteiger charge is -2.36. The van der Waals surface area contributed by atoms with E-state index in [2.05, 4.69) is 4.90 Å². The summed E-state index contributed by atoms with van der Waals surface area (Å²) >= 11 is 0. The molecule has 132 valence electrons. The minimum Gasteiger partial charge on any atom is -0.497 e. The zero-order chi connectivity index (χ0) is 17.8. The van der Waals surface area contributed by atoms with Crippen molar-refractivity contribution in [2.24, 2.45) is 0 Å². The van der Waals surface area contributed by atoms with Gasteiger partial charge in [-0.1, -0.05) is 6.07 Å². The molecule has 0 N–H and O–H groups in total. The summed E-state index contributed by atoms with van der Waals surface area (Å²) in [6, 6.07) is 11.7. The summed E-state index contributed by atoms with van der Waals surface area (Å²) in [4.78, 5) is 16.6. The van der Waals surface area contributed by atoms with E-state index >= 15 is 0 Å². The van der Waals surface area contributed by atoms with Crippen molar-refractivity contribution in [3.8, 4) is 11.5 Å². The average Bonchev–Trinajstić information content (AvgIpc) is 2.67. The molecule has 25 heavy (non-hydrogen) atoms. The maximum atomic E-state index is 13.4. The molecule has 1 fully saturated rings. The Morgan fingerprint density at radius 1 is 0.960 bits per heavy atom. The van der Waals surface area contributed by atoms with E-state index < -0.39 is 0 Å². The van der Waals surface area contributed by atoms with E-state index in [4.69, 9.17) is 9.47 Å². The number of anilines is 1. The lowest BCUT2D eigenvalue weighted by atomic mass is 10.1. The molecule has 2 aromatic rings. The van der Waals surface area contributed by atoms with Crippen LogP contribution in [-0.4, -0.2) is 51.2 Å². The predicted octanol–water partition coefficient (Wildman–Crippen LogP) is 2.81. The molecule has 0 bridgehead atoms. The van der Waals surface area contributed by atoms with E-state index in [1.54, 1.807) is 43.4 Å². The van der Waals surface area contributed by atoms with Crippen LogP contribution in [0.15, 0.2) is 42.5 Å². The number of piperazine rings is 1. The van der Waals surface area contributed by atoms with Gasteiger partial charge >= 0.3 is 0 Å². The van der Waals surface area contributed by atoms with Crippen LogP contribution < -0.4 is 14.4 Å². The second-order valence-electron chi connectivity index (χ2n) is 5.86. The van der Waals surface area contributed by atoms with Crippen LogP contribution in [0.4, 0.5) is 10.1 Å². The largest absolute Gasteiger partial charge is 0.497 e. The van der Waals surface area contributed by atoms with Crippen molar-refractivity contribution >= 4 is 11.6 Å². The Hall–Kier alpha value is -2.76. The van der Waals surface area contributed by atoms with Gasteiger partial charge in [-0.15, -0.1) is 0 Å². The number of amides is 1. The van der Waals surface area contributed by atoms with Crippen LogP contribution in [0.3, 0.4) is 0 Å². The maximum absolute atomic E-state index is 13.4. The van der Waals surface area contributed by atoms with E-state index in [1.165, 1.54) is 12.1 Å². The fourth-order valence-corrected chi connectivity index (χ4v) is 2.95. The number of rotatable bonds is 4. The first kappa shape index (κ1) is 17.1. The standard InChI is InChI=1S/C19H21FN2O3/c1-24-17-10-14(11-18(13-17)25-2)19(23)22-8-6-21(7-9-22)16-5-3-4-15(20)12-16/h3-5,10-13H,6-9H2,1-2H3. The number of benzene rings is 2. The molecular formula is C19H21FN2O3. The number of halogens is 1. The Kier molecular flexibility index (Phi) is 5.07. The third kappa shape index (κ3) is 3.84. The van der Waals surface area contributed by atoms with Crippen molar-refractivity contribution < 1.29 is 18.7 Å². The zero-order valence-electron chi connectivity index (χ0n) is 14.4. The highest BCUT2D eigenvalue weighted by molar-refractivity contribution is 5.95. The number of hydrogen-bond donors (Lipinski definition) is 0. The van der Waals surface area contributed by atoms with Gasteiger partial charge in [-0.05, 0) is 30.3 Å². The number of ether oxygens (including phenoxy) is 2. The molecule has 0 unspecified atom stereocenters. The summed E-state index contributed by atoms with van der Waals surface area (Å²) in [5.74, 6) is 0.859. The van der Waals surface area contributed by atoms with Gasteiger partial charge in [0.1, 0.15) is 17.3 Å². The molecule has 1 aliphatic heterocycles. The lowest BCUT2D eigenvalue weighted by Crippen LogP contribution is -2.48. The first-order valence-electron chi connectivity index (χ1n) is 8.13. The van der Waals surface area contributed by atoms with Crippen LogP contribution in [0.2, 0.25) is 0 Å². The van der Waals surface area contributed by atoms with Gasteiger partial charge in [0.2, 0.25) is 0 Å². The Morgan fingerprint density at radius 2 is 1.60 bits per heavy atom. The molecule has 0 atom stereocenters. The molecule has 0 saturated carbocycles. The third-order valence-electron chi connectivity index (χ3n) is 4.34.